The Labute approximate surface area is 125 Å². The molecule has 1 aliphatic carbocycles. The fourth-order valence-electron chi connectivity index (χ4n) is 2.52. The third-order valence-corrected chi connectivity index (χ3v) is 3.69. The van der Waals surface area contributed by atoms with E-state index in [1.165, 1.54) is 0 Å². The second-order valence-corrected chi connectivity index (χ2v) is 5.35. The molecule has 2 aromatic carbocycles. The third kappa shape index (κ3) is 3.76. The van der Waals surface area contributed by atoms with Gasteiger partial charge in [-0.05, 0) is 55.8 Å². The zero-order valence-electron chi connectivity index (χ0n) is 12.3. The average Bonchev–Trinajstić information content (AvgIpc) is 2.48. The minimum absolute atomic E-state index is 0.343. The highest BCUT2D eigenvalue weighted by atomic mass is 16.5. The molecule has 0 atom stereocenters. The Morgan fingerprint density at radius 2 is 1.52 bits per heavy atom. The Kier molecular flexibility index (Phi) is 4.41. The number of para-hydroxylation sites is 1. The van der Waals surface area contributed by atoms with Gasteiger partial charge in [0.2, 0.25) is 0 Å². The predicted octanol–water partition coefficient (Wildman–Crippen LogP) is 4.00. The van der Waals surface area contributed by atoms with Crippen LogP contribution in [-0.2, 0) is 0 Å². The summed E-state index contributed by atoms with van der Waals surface area (Å²) in [5.74, 6) is 2.58. The second kappa shape index (κ2) is 6.64. The lowest BCUT2D eigenvalue weighted by atomic mass is 9.89. The molecule has 0 amide bonds. The van der Waals surface area contributed by atoms with Crippen molar-refractivity contribution >= 4 is 0 Å². The van der Waals surface area contributed by atoms with E-state index in [2.05, 4.69) is 12.2 Å². The largest absolute Gasteiger partial charge is 0.490 e. The molecule has 1 N–H and O–H groups in total. The van der Waals surface area contributed by atoms with Crippen molar-refractivity contribution in [1.29, 1.82) is 0 Å². The lowest BCUT2D eigenvalue weighted by Crippen LogP contribution is -2.46. The summed E-state index contributed by atoms with van der Waals surface area (Å²) in [5, 5.41) is 3.43. The fourth-order valence-corrected chi connectivity index (χ4v) is 2.52. The number of ether oxygens (including phenoxy) is 2. The van der Waals surface area contributed by atoms with Crippen LogP contribution >= 0.6 is 0 Å². The number of nitrogens with one attached hydrogen (secondary N) is 1. The van der Waals surface area contributed by atoms with Crippen LogP contribution in [0.25, 0.3) is 0 Å². The molecular formula is C18H21NO2. The average molecular weight is 283 g/mol. The number of benzene rings is 2. The molecule has 21 heavy (non-hydrogen) atoms. The van der Waals surface area contributed by atoms with Gasteiger partial charge in [0.15, 0.2) is 0 Å². The number of rotatable bonds is 6. The van der Waals surface area contributed by atoms with Crippen LogP contribution in [0.15, 0.2) is 54.6 Å². The van der Waals surface area contributed by atoms with E-state index in [1.54, 1.807) is 0 Å². The molecule has 3 heteroatoms. The summed E-state index contributed by atoms with van der Waals surface area (Å²) in [6, 6.07) is 18.3. The maximum atomic E-state index is 5.94. The molecule has 0 saturated heterocycles. The molecule has 0 unspecified atom stereocenters. The first-order valence-electron chi connectivity index (χ1n) is 7.56. The summed E-state index contributed by atoms with van der Waals surface area (Å²) in [6.07, 6.45) is 2.53. The summed E-state index contributed by atoms with van der Waals surface area (Å²) in [7, 11) is 0. The van der Waals surface area contributed by atoms with Crippen LogP contribution in [-0.4, -0.2) is 18.7 Å². The Morgan fingerprint density at radius 3 is 2.19 bits per heavy atom. The van der Waals surface area contributed by atoms with E-state index in [0.29, 0.717) is 12.1 Å². The van der Waals surface area contributed by atoms with Crippen molar-refractivity contribution in [2.45, 2.75) is 31.9 Å². The van der Waals surface area contributed by atoms with Crippen molar-refractivity contribution in [1.82, 2.24) is 5.32 Å². The molecule has 3 nitrogen and oxygen atoms in total. The molecule has 0 radical (unpaired) electrons. The molecule has 1 saturated carbocycles. The van der Waals surface area contributed by atoms with E-state index in [-0.39, 0.29) is 0 Å². The lowest BCUT2D eigenvalue weighted by molar-refractivity contribution is 0.0859. The predicted molar refractivity (Wildman–Crippen MR) is 84.1 cm³/mol. The van der Waals surface area contributed by atoms with Crippen LogP contribution in [0, 0.1) is 0 Å². The van der Waals surface area contributed by atoms with Crippen LogP contribution in [0.4, 0.5) is 0 Å². The molecule has 110 valence electrons. The SMILES string of the molecule is CCNC1CC(Oc2ccc(Oc3ccccc3)cc2)C1. The van der Waals surface area contributed by atoms with Crippen molar-refractivity contribution in [2.75, 3.05) is 6.54 Å². The maximum absolute atomic E-state index is 5.94. The first kappa shape index (κ1) is 14.0. The number of hydrogen-bond donors (Lipinski definition) is 1. The van der Waals surface area contributed by atoms with Gasteiger partial charge in [-0.2, -0.15) is 0 Å². The summed E-state index contributed by atoms with van der Waals surface area (Å²) in [5.41, 5.74) is 0. The number of hydrogen-bond acceptors (Lipinski definition) is 3. The minimum atomic E-state index is 0.343. The molecular weight excluding hydrogens is 262 g/mol. The van der Waals surface area contributed by atoms with Crippen LogP contribution in [0.5, 0.6) is 17.2 Å². The highest BCUT2D eigenvalue weighted by Gasteiger charge is 2.29. The summed E-state index contributed by atoms with van der Waals surface area (Å²) >= 11 is 0. The topological polar surface area (TPSA) is 30.5 Å². The summed E-state index contributed by atoms with van der Waals surface area (Å²) < 4.78 is 11.7. The van der Waals surface area contributed by atoms with Gasteiger partial charge in [-0.25, -0.2) is 0 Å². The zero-order valence-corrected chi connectivity index (χ0v) is 12.3. The smallest absolute Gasteiger partial charge is 0.127 e. The van der Waals surface area contributed by atoms with Gasteiger partial charge < -0.3 is 14.8 Å². The van der Waals surface area contributed by atoms with Crippen molar-refractivity contribution in [3.8, 4) is 17.2 Å². The van der Waals surface area contributed by atoms with Gasteiger partial charge in [-0.15, -0.1) is 0 Å². The minimum Gasteiger partial charge on any atom is -0.490 e. The molecule has 0 heterocycles. The van der Waals surface area contributed by atoms with E-state index in [4.69, 9.17) is 9.47 Å². The molecule has 0 spiro atoms. The Bertz CT molecular complexity index is 547. The van der Waals surface area contributed by atoms with Gasteiger partial charge in [0, 0.05) is 6.04 Å². The van der Waals surface area contributed by atoms with Crippen molar-refractivity contribution < 1.29 is 9.47 Å². The Morgan fingerprint density at radius 1 is 0.905 bits per heavy atom. The zero-order chi connectivity index (χ0) is 14.5. The van der Waals surface area contributed by atoms with Crippen LogP contribution in [0.2, 0.25) is 0 Å². The van der Waals surface area contributed by atoms with E-state index in [1.807, 2.05) is 54.6 Å². The fraction of sp³-hybridized carbons (Fsp3) is 0.333. The summed E-state index contributed by atoms with van der Waals surface area (Å²) in [6.45, 7) is 3.17. The Balaban J connectivity index is 1.51. The van der Waals surface area contributed by atoms with Crippen LogP contribution in [0.3, 0.4) is 0 Å². The summed E-state index contributed by atoms with van der Waals surface area (Å²) in [4.78, 5) is 0. The second-order valence-electron chi connectivity index (χ2n) is 5.35. The first-order valence-corrected chi connectivity index (χ1v) is 7.56. The molecule has 0 aromatic heterocycles. The van der Waals surface area contributed by atoms with Crippen LogP contribution < -0.4 is 14.8 Å². The normalized spacial score (nSPS) is 20.6. The van der Waals surface area contributed by atoms with Crippen molar-refractivity contribution in [3.05, 3.63) is 54.6 Å². The molecule has 3 rings (SSSR count). The van der Waals surface area contributed by atoms with Gasteiger partial charge in [0.1, 0.15) is 23.4 Å². The molecule has 2 aromatic rings. The molecule has 1 aliphatic rings. The highest BCUT2D eigenvalue weighted by Crippen LogP contribution is 2.28. The van der Waals surface area contributed by atoms with E-state index >= 15 is 0 Å². The lowest BCUT2D eigenvalue weighted by Gasteiger charge is -2.35. The van der Waals surface area contributed by atoms with Gasteiger partial charge in [-0.1, -0.05) is 25.1 Å². The first-order chi connectivity index (χ1) is 10.3. The monoisotopic (exact) mass is 283 g/mol. The van der Waals surface area contributed by atoms with E-state index in [9.17, 15) is 0 Å². The van der Waals surface area contributed by atoms with Crippen molar-refractivity contribution in [3.63, 3.8) is 0 Å². The van der Waals surface area contributed by atoms with Crippen LogP contribution in [0.1, 0.15) is 19.8 Å². The van der Waals surface area contributed by atoms with E-state index in [0.717, 1.165) is 36.6 Å². The maximum Gasteiger partial charge on any atom is 0.127 e. The highest BCUT2D eigenvalue weighted by molar-refractivity contribution is 5.35. The Hall–Kier alpha value is -2.00. The molecule has 0 aliphatic heterocycles. The quantitative estimate of drug-likeness (QED) is 0.869. The van der Waals surface area contributed by atoms with E-state index < -0.39 is 0 Å². The molecule has 1 fully saturated rings. The van der Waals surface area contributed by atoms with Gasteiger partial charge in [-0.3, -0.25) is 0 Å². The molecule has 0 bridgehead atoms. The van der Waals surface area contributed by atoms with Gasteiger partial charge in [0.25, 0.3) is 0 Å². The van der Waals surface area contributed by atoms with Gasteiger partial charge in [0.05, 0.1) is 0 Å². The third-order valence-electron chi connectivity index (χ3n) is 3.69. The van der Waals surface area contributed by atoms with Gasteiger partial charge >= 0.3 is 0 Å². The standard InChI is InChI=1S/C18H21NO2/c1-2-19-14-12-18(13-14)21-17-10-8-16(9-11-17)20-15-6-4-3-5-7-15/h3-11,14,18-19H,2,12-13H2,1H3. The van der Waals surface area contributed by atoms with Crippen molar-refractivity contribution in [2.24, 2.45) is 0 Å².